The molecule has 138 valence electrons. The molecule has 26 heavy (non-hydrogen) atoms. The minimum absolute atomic E-state index is 0.00751. The highest BCUT2D eigenvalue weighted by atomic mass is 16.5. The van der Waals surface area contributed by atoms with Crippen molar-refractivity contribution in [3.8, 4) is 0 Å². The first-order valence-corrected chi connectivity index (χ1v) is 8.85. The number of benzene rings is 1. The van der Waals surface area contributed by atoms with Crippen LogP contribution in [-0.4, -0.2) is 42.2 Å². The highest BCUT2D eigenvalue weighted by molar-refractivity contribution is 6.06. The summed E-state index contributed by atoms with van der Waals surface area (Å²) in [6.45, 7) is 0.0664. The van der Waals surface area contributed by atoms with Crippen molar-refractivity contribution in [2.45, 2.75) is 32.1 Å². The SMILES string of the molecule is COC(=O)c1ccccc1NC(=O)CCN1C(=O)C2CCCCC2C1=O. The largest absolute Gasteiger partial charge is 0.465 e. The summed E-state index contributed by atoms with van der Waals surface area (Å²) >= 11 is 0. The molecule has 1 saturated carbocycles. The topological polar surface area (TPSA) is 92.8 Å². The lowest BCUT2D eigenvalue weighted by Crippen LogP contribution is -2.34. The van der Waals surface area contributed by atoms with Crippen molar-refractivity contribution >= 4 is 29.4 Å². The third kappa shape index (κ3) is 3.47. The molecule has 1 aliphatic carbocycles. The van der Waals surface area contributed by atoms with Gasteiger partial charge in [-0.1, -0.05) is 25.0 Å². The first-order valence-electron chi connectivity index (χ1n) is 8.85. The maximum atomic E-state index is 12.4. The number of likely N-dealkylation sites (tertiary alicyclic amines) is 1. The van der Waals surface area contributed by atoms with Crippen molar-refractivity contribution in [1.29, 1.82) is 0 Å². The van der Waals surface area contributed by atoms with E-state index < -0.39 is 5.97 Å². The fourth-order valence-electron chi connectivity index (χ4n) is 3.76. The summed E-state index contributed by atoms with van der Waals surface area (Å²) < 4.78 is 4.69. The minimum Gasteiger partial charge on any atom is -0.465 e. The summed E-state index contributed by atoms with van der Waals surface area (Å²) in [6.07, 6.45) is 3.44. The molecular weight excluding hydrogens is 336 g/mol. The number of ether oxygens (including phenoxy) is 1. The normalized spacial score (nSPS) is 22.1. The summed E-state index contributed by atoms with van der Waals surface area (Å²) in [6, 6.07) is 6.52. The van der Waals surface area contributed by atoms with E-state index in [1.807, 2.05) is 0 Å². The summed E-state index contributed by atoms with van der Waals surface area (Å²) in [7, 11) is 1.27. The van der Waals surface area contributed by atoms with Gasteiger partial charge in [-0.15, -0.1) is 0 Å². The lowest BCUT2D eigenvalue weighted by molar-refractivity contribution is -0.140. The fourth-order valence-corrected chi connectivity index (χ4v) is 3.76. The van der Waals surface area contributed by atoms with Crippen LogP contribution in [0.3, 0.4) is 0 Å². The van der Waals surface area contributed by atoms with E-state index in [4.69, 9.17) is 4.74 Å². The second kappa shape index (κ2) is 7.68. The van der Waals surface area contributed by atoms with Crippen molar-refractivity contribution in [2.75, 3.05) is 19.0 Å². The van der Waals surface area contributed by atoms with Gasteiger partial charge in [0.2, 0.25) is 17.7 Å². The Morgan fingerprint density at radius 3 is 2.35 bits per heavy atom. The average molecular weight is 358 g/mol. The van der Waals surface area contributed by atoms with Crippen LogP contribution >= 0.6 is 0 Å². The molecule has 0 radical (unpaired) electrons. The number of carbonyl (C=O) groups is 4. The number of methoxy groups -OCH3 is 1. The van der Waals surface area contributed by atoms with E-state index in [2.05, 4.69) is 5.32 Å². The number of carbonyl (C=O) groups excluding carboxylic acids is 4. The number of esters is 1. The summed E-state index contributed by atoms with van der Waals surface area (Å²) in [4.78, 5) is 50.0. The number of nitrogens with one attached hydrogen (secondary N) is 1. The van der Waals surface area contributed by atoms with Crippen LogP contribution in [0.15, 0.2) is 24.3 Å². The molecule has 1 heterocycles. The van der Waals surface area contributed by atoms with Gasteiger partial charge in [-0.25, -0.2) is 4.79 Å². The molecule has 3 amide bonds. The first kappa shape index (κ1) is 18.1. The predicted octanol–water partition coefficient (Wildman–Crippen LogP) is 1.98. The molecule has 2 unspecified atom stereocenters. The molecule has 1 aromatic carbocycles. The quantitative estimate of drug-likeness (QED) is 0.642. The van der Waals surface area contributed by atoms with E-state index in [0.717, 1.165) is 25.7 Å². The number of amides is 3. The van der Waals surface area contributed by atoms with Crippen molar-refractivity contribution in [1.82, 2.24) is 4.90 Å². The molecule has 1 saturated heterocycles. The van der Waals surface area contributed by atoms with Crippen molar-refractivity contribution in [3.05, 3.63) is 29.8 Å². The van der Waals surface area contributed by atoms with E-state index >= 15 is 0 Å². The number of para-hydroxylation sites is 1. The smallest absolute Gasteiger partial charge is 0.339 e. The van der Waals surface area contributed by atoms with Crippen molar-refractivity contribution in [2.24, 2.45) is 11.8 Å². The van der Waals surface area contributed by atoms with Gasteiger partial charge in [-0.05, 0) is 25.0 Å². The standard InChI is InChI=1S/C19H22N2O5/c1-26-19(25)14-8-4-5-9-15(14)20-16(22)10-11-21-17(23)12-6-2-3-7-13(12)18(21)24/h4-5,8-9,12-13H,2-3,6-7,10-11H2,1H3,(H,20,22). The van der Waals surface area contributed by atoms with Crippen molar-refractivity contribution < 1.29 is 23.9 Å². The number of fused-ring (bicyclic) bond motifs is 1. The highest BCUT2D eigenvalue weighted by Crippen LogP contribution is 2.37. The molecule has 0 aromatic heterocycles. The molecule has 0 spiro atoms. The van der Waals surface area contributed by atoms with Crippen LogP contribution in [0.2, 0.25) is 0 Å². The number of rotatable bonds is 5. The van der Waals surface area contributed by atoms with E-state index in [1.54, 1.807) is 24.3 Å². The van der Waals surface area contributed by atoms with E-state index in [-0.39, 0.29) is 48.1 Å². The van der Waals surface area contributed by atoms with Gasteiger partial charge in [-0.3, -0.25) is 19.3 Å². The third-order valence-electron chi connectivity index (χ3n) is 5.10. The Bertz CT molecular complexity index is 721. The van der Waals surface area contributed by atoms with Gasteiger partial charge in [0.25, 0.3) is 0 Å². The predicted molar refractivity (Wildman–Crippen MR) is 93.2 cm³/mol. The summed E-state index contributed by atoms with van der Waals surface area (Å²) in [5.41, 5.74) is 0.597. The monoisotopic (exact) mass is 358 g/mol. The summed E-state index contributed by atoms with van der Waals surface area (Å²) in [5.74, 6) is -1.63. The van der Waals surface area contributed by atoms with Gasteiger partial charge in [0.05, 0.1) is 30.2 Å². The molecule has 7 heteroatoms. The van der Waals surface area contributed by atoms with Crippen LogP contribution in [0.1, 0.15) is 42.5 Å². The van der Waals surface area contributed by atoms with Gasteiger partial charge < -0.3 is 10.1 Å². The first-order chi connectivity index (χ1) is 12.5. The molecule has 0 bridgehead atoms. The second-order valence-corrected chi connectivity index (χ2v) is 6.66. The van der Waals surface area contributed by atoms with E-state index in [0.29, 0.717) is 5.69 Å². The van der Waals surface area contributed by atoms with Crippen LogP contribution < -0.4 is 5.32 Å². The molecule has 2 aliphatic rings. The second-order valence-electron chi connectivity index (χ2n) is 6.66. The summed E-state index contributed by atoms with van der Waals surface area (Å²) in [5, 5.41) is 2.65. The zero-order chi connectivity index (χ0) is 18.7. The fraction of sp³-hybridized carbons (Fsp3) is 0.474. The number of imide groups is 1. The Balaban J connectivity index is 1.61. The van der Waals surface area contributed by atoms with Crippen LogP contribution in [0.4, 0.5) is 5.69 Å². The van der Waals surface area contributed by atoms with Gasteiger partial charge >= 0.3 is 5.97 Å². The molecule has 1 aliphatic heterocycles. The molecule has 7 nitrogen and oxygen atoms in total. The van der Waals surface area contributed by atoms with Crippen molar-refractivity contribution in [3.63, 3.8) is 0 Å². The zero-order valence-electron chi connectivity index (χ0n) is 14.7. The molecule has 2 fully saturated rings. The van der Waals surface area contributed by atoms with Gasteiger partial charge in [0.15, 0.2) is 0 Å². The average Bonchev–Trinajstić information content (AvgIpc) is 2.91. The Morgan fingerprint density at radius 2 is 1.73 bits per heavy atom. The maximum absolute atomic E-state index is 12.4. The van der Waals surface area contributed by atoms with E-state index in [1.165, 1.54) is 12.0 Å². The van der Waals surface area contributed by atoms with Crippen LogP contribution in [0.25, 0.3) is 0 Å². The van der Waals surface area contributed by atoms with Crippen LogP contribution in [0.5, 0.6) is 0 Å². The van der Waals surface area contributed by atoms with E-state index in [9.17, 15) is 19.2 Å². The molecule has 2 atom stereocenters. The Kier molecular flexibility index (Phi) is 5.35. The molecule has 1 N–H and O–H groups in total. The zero-order valence-corrected chi connectivity index (χ0v) is 14.7. The number of nitrogens with zero attached hydrogens (tertiary/aromatic N) is 1. The number of anilines is 1. The molecular formula is C19H22N2O5. The van der Waals surface area contributed by atoms with Gasteiger partial charge in [0.1, 0.15) is 0 Å². The van der Waals surface area contributed by atoms with Gasteiger partial charge in [0, 0.05) is 13.0 Å². The van der Waals surface area contributed by atoms with Crippen LogP contribution in [0, 0.1) is 11.8 Å². The number of hydrogen-bond donors (Lipinski definition) is 1. The maximum Gasteiger partial charge on any atom is 0.339 e. The molecule has 1 aromatic rings. The Morgan fingerprint density at radius 1 is 1.12 bits per heavy atom. The highest BCUT2D eigenvalue weighted by Gasteiger charge is 2.47. The van der Waals surface area contributed by atoms with Crippen LogP contribution in [-0.2, 0) is 19.1 Å². The number of hydrogen-bond acceptors (Lipinski definition) is 5. The third-order valence-corrected chi connectivity index (χ3v) is 5.10. The lowest BCUT2D eigenvalue weighted by atomic mass is 9.81. The Hall–Kier alpha value is -2.70. The Labute approximate surface area is 151 Å². The molecule has 3 rings (SSSR count). The lowest BCUT2D eigenvalue weighted by Gasteiger charge is -2.19. The van der Waals surface area contributed by atoms with Gasteiger partial charge in [-0.2, -0.15) is 0 Å². The minimum atomic E-state index is -0.546.